The van der Waals surface area contributed by atoms with Crippen LogP contribution in [-0.4, -0.2) is 17.6 Å². The lowest BCUT2D eigenvalue weighted by molar-refractivity contribution is 0.559. The predicted octanol–water partition coefficient (Wildman–Crippen LogP) is 0.499. The molecule has 0 amide bonds. The van der Waals surface area contributed by atoms with Gasteiger partial charge in [0, 0.05) is 12.4 Å². The predicted molar refractivity (Wildman–Crippen MR) is 41.2 cm³/mol. The molecule has 4 nitrogen and oxygen atoms in total. The maximum absolute atomic E-state index is 8.44. The highest BCUT2D eigenvalue weighted by Gasteiger charge is 1.58. The van der Waals surface area contributed by atoms with Crippen LogP contribution in [0.2, 0.25) is 0 Å². The first kappa shape index (κ1) is 12.7. The Bertz CT molecular complexity index is 225. The quantitative estimate of drug-likeness (QED) is 0.605. The third-order valence-corrected chi connectivity index (χ3v) is 0.566. The van der Waals surface area contributed by atoms with Crippen molar-refractivity contribution in [3.8, 4) is 0 Å². The summed E-state index contributed by atoms with van der Waals surface area (Å²) in [6.45, 7) is 0. The standard InChI is InChI=1S/C5H5N.ClH.O3S/c1-2-4-6-5-3-1;;1-4(2)3/h1-5H;1H;. The SMILES string of the molecule is Cl.O=S(=O)=O.c1ccncc1. The second-order valence-electron chi connectivity index (χ2n) is 1.23. The summed E-state index contributed by atoms with van der Waals surface area (Å²) < 4.78 is 25.3. The minimum absolute atomic E-state index is 0. The molecule has 0 radical (unpaired) electrons. The third kappa shape index (κ3) is 17.6. The summed E-state index contributed by atoms with van der Waals surface area (Å²) >= 11 is 0. The van der Waals surface area contributed by atoms with E-state index in [1.165, 1.54) is 0 Å². The minimum atomic E-state index is -3.11. The summed E-state index contributed by atoms with van der Waals surface area (Å²) in [6, 6.07) is 5.72. The summed E-state index contributed by atoms with van der Waals surface area (Å²) in [5.41, 5.74) is 0. The van der Waals surface area contributed by atoms with E-state index in [9.17, 15) is 0 Å². The van der Waals surface area contributed by atoms with Crippen LogP contribution in [0, 0.1) is 0 Å². The highest BCUT2D eigenvalue weighted by molar-refractivity contribution is 7.59. The number of rotatable bonds is 0. The molecular formula is C5H6ClNO3S. The van der Waals surface area contributed by atoms with Crippen LogP contribution in [0.1, 0.15) is 0 Å². The van der Waals surface area contributed by atoms with Gasteiger partial charge in [-0.25, -0.2) is 0 Å². The van der Waals surface area contributed by atoms with Gasteiger partial charge in [0.15, 0.2) is 0 Å². The molecule has 1 aromatic heterocycles. The van der Waals surface area contributed by atoms with Gasteiger partial charge in [-0.15, -0.1) is 25.0 Å². The van der Waals surface area contributed by atoms with Gasteiger partial charge in [-0.2, -0.15) is 0 Å². The molecule has 0 saturated carbocycles. The molecule has 6 heteroatoms. The van der Waals surface area contributed by atoms with E-state index < -0.39 is 10.6 Å². The van der Waals surface area contributed by atoms with E-state index in [1.54, 1.807) is 12.4 Å². The Labute approximate surface area is 71.8 Å². The van der Waals surface area contributed by atoms with E-state index in [-0.39, 0.29) is 12.4 Å². The molecule has 1 heterocycles. The highest BCUT2D eigenvalue weighted by atomic mass is 35.5. The second kappa shape index (κ2) is 9.06. The molecule has 11 heavy (non-hydrogen) atoms. The van der Waals surface area contributed by atoms with Crippen LogP contribution < -0.4 is 0 Å². The number of hydrogen-bond acceptors (Lipinski definition) is 4. The maximum Gasteiger partial charge on any atom is 0.425 e. The van der Waals surface area contributed by atoms with Crippen molar-refractivity contribution in [2.75, 3.05) is 0 Å². The van der Waals surface area contributed by atoms with Gasteiger partial charge in [0.1, 0.15) is 0 Å². The van der Waals surface area contributed by atoms with Crippen molar-refractivity contribution in [3.63, 3.8) is 0 Å². The Morgan fingerprint density at radius 3 is 1.36 bits per heavy atom. The second-order valence-corrected chi connectivity index (χ2v) is 1.64. The summed E-state index contributed by atoms with van der Waals surface area (Å²) in [5, 5.41) is 0. The fourth-order valence-corrected chi connectivity index (χ4v) is 0.313. The number of aromatic nitrogens is 1. The van der Waals surface area contributed by atoms with Crippen molar-refractivity contribution < 1.29 is 12.6 Å². The van der Waals surface area contributed by atoms with Crippen LogP contribution in [0.15, 0.2) is 30.6 Å². The van der Waals surface area contributed by atoms with Gasteiger partial charge in [0.2, 0.25) is 0 Å². The molecule has 0 N–H and O–H groups in total. The molecule has 0 aliphatic carbocycles. The average Bonchev–Trinajstić information content (AvgIpc) is 1.90. The van der Waals surface area contributed by atoms with Gasteiger partial charge in [-0.1, -0.05) is 6.07 Å². The molecule has 0 unspecified atom stereocenters. The molecule has 0 fully saturated rings. The van der Waals surface area contributed by atoms with Crippen LogP contribution in [0.25, 0.3) is 0 Å². The minimum Gasteiger partial charge on any atom is -0.265 e. The Morgan fingerprint density at radius 1 is 0.909 bits per heavy atom. The number of halogens is 1. The van der Waals surface area contributed by atoms with Gasteiger partial charge in [0.25, 0.3) is 0 Å². The Hall–Kier alpha value is -0.940. The zero-order chi connectivity index (χ0) is 7.82. The first-order chi connectivity index (χ1) is 4.73. The lowest BCUT2D eigenvalue weighted by atomic mass is 10.5. The smallest absolute Gasteiger partial charge is 0.265 e. The topological polar surface area (TPSA) is 64.1 Å². The van der Waals surface area contributed by atoms with Crippen LogP contribution in [0.5, 0.6) is 0 Å². The molecule has 0 spiro atoms. The van der Waals surface area contributed by atoms with Crippen LogP contribution in [0.4, 0.5) is 0 Å². The molecule has 1 rings (SSSR count). The van der Waals surface area contributed by atoms with E-state index >= 15 is 0 Å². The van der Waals surface area contributed by atoms with E-state index in [2.05, 4.69) is 4.98 Å². The Morgan fingerprint density at radius 2 is 1.27 bits per heavy atom. The molecule has 0 saturated heterocycles. The zero-order valence-electron chi connectivity index (χ0n) is 5.38. The van der Waals surface area contributed by atoms with Crippen molar-refractivity contribution >= 4 is 23.0 Å². The number of pyridine rings is 1. The van der Waals surface area contributed by atoms with Gasteiger partial charge in [-0.3, -0.25) is 4.98 Å². The molecule has 0 atom stereocenters. The summed E-state index contributed by atoms with van der Waals surface area (Å²) in [6.07, 6.45) is 3.50. The van der Waals surface area contributed by atoms with E-state index in [0.717, 1.165) is 0 Å². The van der Waals surface area contributed by atoms with E-state index in [4.69, 9.17) is 12.6 Å². The first-order valence-electron chi connectivity index (χ1n) is 2.35. The average molecular weight is 196 g/mol. The molecular weight excluding hydrogens is 190 g/mol. The van der Waals surface area contributed by atoms with Crippen LogP contribution >= 0.6 is 12.4 Å². The molecule has 0 aliphatic rings. The normalized spacial score (nSPS) is 6.55. The maximum atomic E-state index is 8.44. The van der Waals surface area contributed by atoms with Gasteiger partial charge < -0.3 is 0 Å². The molecule has 62 valence electrons. The van der Waals surface area contributed by atoms with E-state index in [1.807, 2.05) is 18.2 Å². The largest absolute Gasteiger partial charge is 0.425 e. The summed E-state index contributed by atoms with van der Waals surface area (Å²) in [5.74, 6) is 0. The lowest BCUT2D eigenvalue weighted by Gasteiger charge is -1.70. The van der Waals surface area contributed by atoms with Crippen LogP contribution in [-0.2, 0) is 10.6 Å². The number of nitrogens with zero attached hydrogens (tertiary/aromatic N) is 1. The highest BCUT2D eigenvalue weighted by Crippen LogP contribution is 1.73. The molecule has 0 aromatic carbocycles. The van der Waals surface area contributed by atoms with Gasteiger partial charge in [-0.05, 0) is 12.1 Å². The van der Waals surface area contributed by atoms with Crippen molar-refractivity contribution in [2.45, 2.75) is 0 Å². The van der Waals surface area contributed by atoms with Crippen molar-refractivity contribution in [2.24, 2.45) is 0 Å². The Balaban J connectivity index is 0. The Kier molecular flexibility index (Phi) is 10.5. The lowest BCUT2D eigenvalue weighted by Crippen LogP contribution is -1.58. The van der Waals surface area contributed by atoms with Crippen molar-refractivity contribution in [3.05, 3.63) is 30.6 Å². The van der Waals surface area contributed by atoms with E-state index in [0.29, 0.717) is 0 Å². The van der Waals surface area contributed by atoms with Gasteiger partial charge >= 0.3 is 10.6 Å². The fourth-order valence-electron chi connectivity index (χ4n) is 0.313. The van der Waals surface area contributed by atoms with Crippen molar-refractivity contribution in [1.29, 1.82) is 0 Å². The fraction of sp³-hybridized carbons (Fsp3) is 0. The third-order valence-electron chi connectivity index (χ3n) is 0.566. The first-order valence-corrected chi connectivity index (χ1v) is 3.35. The molecule has 0 aliphatic heterocycles. The monoisotopic (exact) mass is 195 g/mol. The molecule has 0 bridgehead atoms. The van der Waals surface area contributed by atoms with Gasteiger partial charge in [0.05, 0.1) is 0 Å². The van der Waals surface area contributed by atoms with Crippen LogP contribution in [0.3, 0.4) is 0 Å². The molecule has 1 aromatic rings. The van der Waals surface area contributed by atoms with Crippen molar-refractivity contribution in [1.82, 2.24) is 4.98 Å². The number of hydrogen-bond donors (Lipinski definition) is 0. The summed E-state index contributed by atoms with van der Waals surface area (Å²) in [4.78, 5) is 3.78. The zero-order valence-corrected chi connectivity index (χ0v) is 7.01. The summed E-state index contributed by atoms with van der Waals surface area (Å²) in [7, 11) is -3.11.